The smallest absolute Gasteiger partial charge is 0.224 e. The molecule has 3 saturated heterocycles. The largest absolute Gasteiger partial charge is 0.494 e. The summed E-state index contributed by atoms with van der Waals surface area (Å²) in [5, 5.41) is 3.09. The number of anilines is 1. The normalized spacial score (nSPS) is 27.2. The van der Waals surface area contributed by atoms with E-state index in [1.54, 1.807) is 0 Å². The molecule has 3 fully saturated rings. The highest BCUT2D eigenvalue weighted by atomic mass is 16.5. The number of hydrogen-bond donors (Lipinski definition) is 1. The van der Waals surface area contributed by atoms with Crippen molar-refractivity contribution in [1.82, 2.24) is 5.32 Å². The van der Waals surface area contributed by atoms with Crippen molar-refractivity contribution in [2.24, 2.45) is 11.3 Å². The van der Waals surface area contributed by atoms with Gasteiger partial charge in [0.1, 0.15) is 5.75 Å². The number of piperidine rings is 1. The Morgan fingerprint density at radius 2 is 2.05 bits per heavy atom. The van der Waals surface area contributed by atoms with E-state index in [-0.39, 0.29) is 17.2 Å². The number of carbonyl (C=O) groups is 1. The monoisotopic (exact) mass is 288 g/mol. The van der Waals surface area contributed by atoms with E-state index in [4.69, 9.17) is 4.74 Å². The summed E-state index contributed by atoms with van der Waals surface area (Å²) in [6.45, 7) is 8.75. The Labute approximate surface area is 126 Å². The lowest BCUT2D eigenvalue weighted by atomic mass is 9.73. The van der Waals surface area contributed by atoms with E-state index < -0.39 is 0 Å². The molecule has 0 unspecified atom stereocenters. The molecule has 4 rings (SSSR count). The molecule has 21 heavy (non-hydrogen) atoms. The fourth-order valence-electron chi connectivity index (χ4n) is 3.71. The molecule has 1 amide bonds. The van der Waals surface area contributed by atoms with E-state index in [9.17, 15) is 4.79 Å². The van der Waals surface area contributed by atoms with Crippen molar-refractivity contribution in [3.8, 4) is 5.75 Å². The second kappa shape index (κ2) is 5.24. The van der Waals surface area contributed by atoms with Crippen molar-refractivity contribution in [2.45, 2.75) is 33.2 Å². The number of amides is 1. The van der Waals surface area contributed by atoms with Gasteiger partial charge < -0.3 is 15.0 Å². The maximum absolute atomic E-state index is 12.1. The molecule has 2 bridgehead atoms. The molecule has 114 valence electrons. The maximum atomic E-state index is 12.1. The Kier molecular flexibility index (Phi) is 3.56. The van der Waals surface area contributed by atoms with E-state index in [0.29, 0.717) is 12.6 Å². The van der Waals surface area contributed by atoms with E-state index in [1.807, 2.05) is 19.1 Å². The molecule has 0 aliphatic carbocycles. The zero-order valence-corrected chi connectivity index (χ0v) is 13.1. The maximum Gasteiger partial charge on any atom is 0.224 e. The van der Waals surface area contributed by atoms with Gasteiger partial charge in [-0.2, -0.15) is 0 Å². The zero-order valence-electron chi connectivity index (χ0n) is 13.1. The Hall–Kier alpha value is -1.71. The lowest BCUT2D eigenvalue weighted by molar-refractivity contribution is -0.124. The third-order valence-corrected chi connectivity index (χ3v) is 4.79. The molecule has 3 aliphatic rings. The first-order valence-corrected chi connectivity index (χ1v) is 7.78. The SMILES string of the molecule is CCOc1ccc(N2C[C@H]3CC(C)(C)[C@@H]2CNC3=O)cc1. The summed E-state index contributed by atoms with van der Waals surface area (Å²) < 4.78 is 5.51. The molecule has 0 aromatic heterocycles. The zero-order chi connectivity index (χ0) is 15.0. The van der Waals surface area contributed by atoms with Gasteiger partial charge in [0.25, 0.3) is 0 Å². The average molecular weight is 288 g/mol. The minimum atomic E-state index is 0.0883. The van der Waals surface area contributed by atoms with Crippen molar-refractivity contribution in [3.05, 3.63) is 24.3 Å². The van der Waals surface area contributed by atoms with Crippen LogP contribution in [0.4, 0.5) is 5.69 Å². The van der Waals surface area contributed by atoms with Crippen LogP contribution in [0.3, 0.4) is 0 Å². The number of benzene rings is 1. The first-order chi connectivity index (χ1) is 10.0. The van der Waals surface area contributed by atoms with Gasteiger partial charge in [-0.3, -0.25) is 4.79 Å². The lowest BCUT2D eigenvalue weighted by Gasteiger charge is -2.47. The Morgan fingerprint density at radius 1 is 1.33 bits per heavy atom. The van der Waals surface area contributed by atoms with Crippen molar-refractivity contribution in [2.75, 3.05) is 24.6 Å². The number of hydrogen-bond acceptors (Lipinski definition) is 3. The van der Waals surface area contributed by atoms with Crippen LogP contribution in [-0.2, 0) is 4.79 Å². The molecule has 3 aliphatic heterocycles. The highest BCUT2D eigenvalue weighted by Gasteiger charge is 2.46. The van der Waals surface area contributed by atoms with Gasteiger partial charge >= 0.3 is 0 Å². The van der Waals surface area contributed by atoms with Crippen LogP contribution in [-0.4, -0.2) is 31.6 Å². The van der Waals surface area contributed by atoms with Crippen LogP contribution in [0.5, 0.6) is 5.75 Å². The summed E-state index contributed by atoms with van der Waals surface area (Å²) in [7, 11) is 0. The van der Waals surface area contributed by atoms with Crippen LogP contribution in [0, 0.1) is 11.3 Å². The molecule has 0 saturated carbocycles. The first-order valence-electron chi connectivity index (χ1n) is 7.78. The summed E-state index contributed by atoms with van der Waals surface area (Å²) in [6.07, 6.45) is 0.969. The summed E-state index contributed by atoms with van der Waals surface area (Å²) in [5.74, 6) is 1.19. The van der Waals surface area contributed by atoms with E-state index in [0.717, 1.165) is 25.3 Å². The Balaban J connectivity index is 1.89. The fraction of sp³-hybridized carbons (Fsp3) is 0.588. The highest BCUT2D eigenvalue weighted by molar-refractivity contribution is 5.81. The number of nitrogens with one attached hydrogen (secondary N) is 1. The second-order valence-corrected chi connectivity index (χ2v) is 6.73. The quantitative estimate of drug-likeness (QED) is 0.929. The second-order valence-electron chi connectivity index (χ2n) is 6.73. The van der Waals surface area contributed by atoms with Crippen LogP contribution in [0.2, 0.25) is 0 Å². The van der Waals surface area contributed by atoms with Crippen LogP contribution >= 0.6 is 0 Å². The minimum absolute atomic E-state index is 0.0883. The van der Waals surface area contributed by atoms with Crippen LogP contribution < -0.4 is 15.0 Å². The molecular weight excluding hydrogens is 264 g/mol. The van der Waals surface area contributed by atoms with Gasteiger partial charge in [-0.25, -0.2) is 0 Å². The minimum Gasteiger partial charge on any atom is -0.494 e. The molecule has 3 heterocycles. The number of ether oxygens (including phenoxy) is 1. The molecule has 0 radical (unpaired) electrons. The molecular formula is C17H24N2O2. The van der Waals surface area contributed by atoms with Gasteiger partial charge in [0.2, 0.25) is 5.91 Å². The lowest BCUT2D eigenvalue weighted by Crippen LogP contribution is -2.53. The summed E-state index contributed by atoms with van der Waals surface area (Å²) in [5.41, 5.74) is 1.32. The number of carbonyl (C=O) groups excluding carboxylic acids is 1. The predicted molar refractivity (Wildman–Crippen MR) is 83.6 cm³/mol. The van der Waals surface area contributed by atoms with Crippen LogP contribution in [0.1, 0.15) is 27.2 Å². The van der Waals surface area contributed by atoms with E-state index >= 15 is 0 Å². The van der Waals surface area contributed by atoms with Gasteiger partial charge in [-0.05, 0) is 43.0 Å². The average Bonchev–Trinajstić information content (AvgIpc) is 2.66. The van der Waals surface area contributed by atoms with E-state index in [2.05, 4.69) is 36.2 Å². The van der Waals surface area contributed by atoms with Crippen molar-refractivity contribution >= 4 is 11.6 Å². The molecule has 1 aromatic rings. The van der Waals surface area contributed by atoms with Crippen molar-refractivity contribution < 1.29 is 9.53 Å². The van der Waals surface area contributed by atoms with Gasteiger partial charge in [-0.15, -0.1) is 0 Å². The van der Waals surface area contributed by atoms with E-state index in [1.165, 1.54) is 5.69 Å². The fourth-order valence-corrected chi connectivity index (χ4v) is 3.71. The standard InChI is InChI=1S/C17H24N2O2/c1-4-21-14-7-5-13(6-8-14)19-11-12-9-17(2,3)15(19)10-18-16(12)20/h5-8,12,15H,4,9-11H2,1-3H3,(H,18,20)/t12-,15+/m1/s1. The molecule has 2 atom stereocenters. The molecule has 0 spiro atoms. The molecule has 1 aromatic carbocycles. The van der Waals surface area contributed by atoms with Crippen LogP contribution in [0.25, 0.3) is 0 Å². The number of fused-ring (bicyclic) bond motifs is 4. The highest BCUT2D eigenvalue weighted by Crippen LogP contribution is 2.41. The topological polar surface area (TPSA) is 41.6 Å². The summed E-state index contributed by atoms with van der Waals surface area (Å²) >= 11 is 0. The van der Waals surface area contributed by atoms with Gasteiger partial charge in [-0.1, -0.05) is 13.8 Å². The Morgan fingerprint density at radius 3 is 2.71 bits per heavy atom. The van der Waals surface area contributed by atoms with Crippen molar-refractivity contribution in [3.63, 3.8) is 0 Å². The summed E-state index contributed by atoms with van der Waals surface area (Å²) in [4.78, 5) is 14.5. The third-order valence-electron chi connectivity index (χ3n) is 4.79. The third kappa shape index (κ3) is 2.59. The molecule has 1 N–H and O–H groups in total. The first kappa shape index (κ1) is 14.2. The number of nitrogens with zero attached hydrogens (tertiary/aromatic N) is 1. The van der Waals surface area contributed by atoms with Gasteiger partial charge in [0, 0.05) is 18.8 Å². The van der Waals surface area contributed by atoms with Gasteiger partial charge in [0.05, 0.1) is 18.6 Å². The molecule has 4 heteroatoms. The Bertz CT molecular complexity index is 524. The number of rotatable bonds is 3. The van der Waals surface area contributed by atoms with Gasteiger partial charge in [0.15, 0.2) is 0 Å². The summed E-state index contributed by atoms with van der Waals surface area (Å²) in [6, 6.07) is 8.58. The van der Waals surface area contributed by atoms with Crippen LogP contribution in [0.15, 0.2) is 24.3 Å². The van der Waals surface area contributed by atoms with Crippen molar-refractivity contribution in [1.29, 1.82) is 0 Å². The predicted octanol–water partition coefficient (Wildman–Crippen LogP) is 2.44. The molecule has 4 nitrogen and oxygen atoms in total.